The van der Waals surface area contributed by atoms with Crippen molar-refractivity contribution in [1.29, 1.82) is 0 Å². The Morgan fingerprint density at radius 1 is 1.33 bits per heavy atom. The molecule has 1 aromatic rings. The fourth-order valence-electron chi connectivity index (χ4n) is 1.74. The molecule has 0 spiro atoms. The molecule has 0 bridgehead atoms. The lowest BCUT2D eigenvalue weighted by molar-refractivity contribution is 0.170. The first-order valence-corrected chi connectivity index (χ1v) is 6.01. The molecule has 5 N–H and O–H groups in total. The molecule has 1 aromatic carbocycles. The molecule has 0 aromatic heterocycles. The second-order valence-corrected chi connectivity index (χ2v) is 4.55. The Labute approximate surface area is 107 Å². The molecule has 0 fully saturated rings. The van der Waals surface area contributed by atoms with E-state index >= 15 is 0 Å². The maximum absolute atomic E-state index is 9.25. The summed E-state index contributed by atoms with van der Waals surface area (Å²) in [6.07, 6.45) is 0.429. The number of oxime groups is 1. The fraction of sp³-hybridized carbons (Fsp3) is 0.462. The van der Waals surface area contributed by atoms with Crippen LogP contribution in [0.1, 0.15) is 31.4 Å². The molecule has 0 radical (unpaired) electrons. The van der Waals surface area contributed by atoms with Gasteiger partial charge in [0.15, 0.2) is 5.84 Å². The van der Waals surface area contributed by atoms with Crippen LogP contribution in [-0.2, 0) is 6.54 Å². The van der Waals surface area contributed by atoms with Crippen molar-refractivity contribution >= 4 is 5.84 Å². The van der Waals surface area contributed by atoms with Gasteiger partial charge in [-0.05, 0) is 25.8 Å². The lowest BCUT2D eigenvalue weighted by Gasteiger charge is -2.15. The molecule has 1 rings (SSSR count). The average Bonchev–Trinajstić information content (AvgIpc) is 2.35. The van der Waals surface area contributed by atoms with Gasteiger partial charge in [0.2, 0.25) is 0 Å². The lowest BCUT2D eigenvalue weighted by atomic mass is 10.1. The maximum Gasteiger partial charge on any atom is 0.170 e. The highest BCUT2D eigenvalue weighted by Crippen LogP contribution is 2.05. The van der Waals surface area contributed by atoms with Crippen LogP contribution < -0.4 is 11.1 Å². The van der Waals surface area contributed by atoms with Gasteiger partial charge in [-0.15, -0.1) is 0 Å². The number of benzene rings is 1. The molecule has 18 heavy (non-hydrogen) atoms. The Hall–Kier alpha value is -1.59. The molecule has 0 heterocycles. The normalized spacial score (nSPS) is 15.4. The van der Waals surface area contributed by atoms with Crippen LogP contribution >= 0.6 is 0 Å². The van der Waals surface area contributed by atoms with E-state index in [4.69, 9.17) is 10.9 Å². The standard InChI is InChI=1S/C13H21N3O2/c1-9(7-10(2)17)15-8-11-3-5-12(6-4-11)13(14)16-18/h3-6,9-10,15,17-18H,7-8H2,1-2H3,(H2,14,16). The summed E-state index contributed by atoms with van der Waals surface area (Å²) in [6, 6.07) is 7.73. The summed E-state index contributed by atoms with van der Waals surface area (Å²) in [5.74, 6) is 0.108. The van der Waals surface area contributed by atoms with E-state index in [1.54, 1.807) is 6.92 Å². The van der Waals surface area contributed by atoms with Crippen LogP contribution in [0.3, 0.4) is 0 Å². The summed E-state index contributed by atoms with van der Waals surface area (Å²) in [5, 5.41) is 24.1. The van der Waals surface area contributed by atoms with Crippen molar-refractivity contribution in [3.8, 4) is 0 Å². The Balaban J connectivity index is 2.49. The minimum atomic E-state index is -0.296. The summed E-state index contributed by atoms with van der Waals surface area (Å²) in [7, 11) is 0. The zero-order valence-corrected chi connectivity index (χ0v) is 10.8. The molecule has 0 aliphatic carbocycles. The molecule has 100 valence electrons. The molecule has 2 atom stereocenters. The third-order valence-electron chi connectivity index (χ3n) is 2.71. The predicted molar refractivity (Wildman–Crippen MR) is 71.6 cm³/mol. The van der Waals surface area contributed by atoms with Gasteiger partial charge in [0.1, 0.15) is 0 Å². The van der Waals surface area contributed by atoms with Crippen molar-refractivity contribution in [3.05, 3.63) is 35.4 Å². The van der Waals surface area contributed by atoms with Gasteiger partial charge in [-0.2, -0.15) is 0 Å². The van der Waals surface area contributed by atoms with Crippen molar-refractivity contribution < 1.29 is 10.3 Å². The monoisotopic (exact) mass is 251 g/mol. The Bertz CT molecular complexity index is 388. The number of hydrogen-bond acceptors (Lipinski definition) is 4. The molecule has 0 saturated carbocycles. The van der Waals surface area contributed by atoms with Crippen LogP contribution in [0.25, 0.3) is 0 Å². The van der Waals surface area contributed by atoms with Crippen molar-refractivity contribution in [2.45, 2.75) is 39.0 Å². The summed E-state index contributed by atoms with van der Waals surface area (Å²) < 4.78 is 0. The minimum Gasteiger partial charge on any atom is -0.409 e. The topological polar surface area (TPSA) is 90.9 Å². The van der Waals surface area contributed by atoms with E-state index in [1.165, 1.54) is 0 Å². The summed E-state index contributed by atoms with van der Waals surface area (Å²) in [4.78, 5) is 0. The van der Waals surface area contributed by atoms with E-state index in [-0.39, 0.29) is 18.0 Å². The molecule has 5 heteroatoms. The van der Waals surface area contributed by atoms with Crippen molar-refractivity contribution in [3.63, 3.8) is 0 Å². The minimum absolute atomic E-state index is 0.108. The van der Waals surface area contributed by atoms with Crippen LogP contribution in [0.2, 0.25) is 0 Å². The molecule has 0 amide bonds. The highest BCUT2D eigenvalue weighted by atomic mass is 16.4. The number of hydrogen-bond donors (Lipinski definition) is 4. The lowest BCUT2D eigenvalue weighted by Crippen LogP contribution is -2.28. The number of rotatable bonds is 6. The third-order valence-corrected chi connectivity index (χ3v) is 2.71. The second kappa shape index (κ2) is 6.98. The van der Waals surface area contributed by atoms with E-state index < -0.39 is 0 Å². The maximum atomic E-state index is 9.25. The van der Waals surface area contributed by atoms with Crippen LogP contribution in [-0.4, -0.2) is 28.3 Å². The number of aliphatic hydroxyl groups is 1. The van der Waals surface area contributed by atoms with E-state index in [0.29, 0.717) is 5.56 Å². The third kappa shape index (κ3) is 4.73. The molecule has 0 saturated heterocycles. The zero-order chi connectivity index (χ0) is 13.5. The van der Waals surface area contributed by atoms with Crippen molar-refractivity contribution in [2.24, 2.45) is 10.9 Å². The van der Waals surface area contributed by atoms with Gasteiger partial charge < -0.3 is 21.4 Å². The molecule has 5 nitrogen and oxygen atoms in total. The summed E-state index contributed by atoms with van der Waals surface area (Å²) >= 11 is 0. The molecule has 2 unspecified atom stereocenters. The first-order valence-electron chi connectivity index (χ1n) is 6.01. The number of nitrogens with zero attached hydrogens (tertiary/aromatic N) is 1. The predicted octanol–water partition coefficient (Wildman–Crippen LogP) is 1.03. The Kier molecular flexibility index (Phi) is 5.61. The molecular formula is C13H21N3O2. The Morgan fingerprint density at radius 2 is 1.94 bits per heavy atom. The van der Waals surface area contributed by atoms with Crippen molar-refractivity contribution in [2.75, 3.05) is 0 Å². The van der Waals surface area contributed by atoms with Crippen LogP contribution in [0.15, 0.2) is 29.4 Å². The van der Waals surface area contributed by atoms with E-state index in [9.17, 15) is 5.11 Å². The highest BCUT2D eigenvalue weighted by Gasteiger charge is 2.05. The SMILES string of the molecule is CC(O)CC(C)NCc1ccc(/C(N)=N/O)cc1. The van der Waals surface area contributed by atoms with Gasteiger partial charge in [0.05, 0.1) is 6.10 Å². The molecule has 0 aliphatic heterocycles. The fourth-order valence-corrected chi connectivity index (χ4v) is 1.74. The van der Waals surface area contributed by atoms with E-state index in [2.05, 4.69) is 10.5 Å². The number of amidine groups is 1. The average molecular weight is 251 g/mol. The van der Waals surface area contributed by atoms with Crippen molar-refractivity contribution in [1.82, 2.24) is 5.32 Å². The Morgan fingerprint density at radius 3 is 2.44 bits per heavy atom. The number of nitrogens with two attached hydrogens (primary N) is 1. The molecule has 0 aliphatic rings. The second-order valence-electron chi connectivity index (χ2n) is 4.55. The number of aliphatic hydroxyl groups excluding tert-OH is 1. The van der Waals surface area contributed by atoms with Gasteiger partial charge in [-0.1, -0.05) is 29.4 Å². The first-order chi connectivity index (χ1) is 8.52. The first kappa shape index (κ1) is 14.5. The van der Waals surface area contributed by atoms with Crippen LogP contribution in [0.5, 0.6) is 0 Å². The zero-order valence-electron chi connectivity index (χ0n) is 10.8. The largest absolute Gasteiger partial charge is 0.409 e. The quantitative estimate of drug-likeness (QED) is 0.263. The van der Waals surface area contributed by atoms with Crippen LogP contribution in [0, 0.1) is 0 Å². The van der Waals surface area contributed by atoms with Gasteiger partial charge in [-0.25, -0.2) is 0 Å². The van der Waals surface area contributed by atoms with E-state index in [0.717, 1.165) is 18.5 Å². The smallest absolute Gasteiger partial charge is 0.170 e. The van der Waals surface area contributed by atoms with E-state index in [1.807, 2.05) is 31.2 Å². The summed E-state index contributed by atoms with van der Waals surface area (Å²) in [5.41, 5.74) is 7.28. The van der Waals surface area contributed by atoms with Gasteiger partial charge in [0.25, 0.3) is 0 Å². The molecular weight excluding hydrogens is 230 g/mol. The van der Waals surface area contributed by atoms with Gasteiger partial charge in [0, 0.05) is 18.2 Å². The highest BCUT2D eigenvalue weighted by molar-refractivity contribution is 5.96. The number of nitrogens with one attached hydrogen (secondary N) is 1. The van der Waals surface area contributed by atoms with Crippen LogP contribution in [0.4, 0.5) is 0 Å². The van der Waals surface area contributed by atoms with Gasteiger partial charge in [-0.3, -0.25) is 0 Å². The van der Waals surface area contributed by atoms with Gasteiger partial charge >= 0.3 is 0 Å². The summed E-state index contributed by atoms with van der Waals surface area (Å²) in [6.45, 7) is 4.55.